The molecule has 0 heterocycles. The van der Waals surface area contributed by atoms with Gasteiger partial charge in [-0.1, -0.05) is 25.0 Å². The molecule has 3 rings (SSSR count). The number of nitrogens with two attached hydrogens (primary N) is 1. The Morgan fingerprint density at radius 3 is 2.48 bits per heavy atom. The molecule has 1 aromatic rings. The van der Waals surface area contributed by atoms with Crippen molar-refractivity contribution in [1.29, 1.82) is 0 Å². The molecule has 5 nitrogen and oxygen atoms in total. The van der Waals surface area contributed by atoms with E-state index in [-0.39, 0.29) is 17.9 Å². The lowest BCUT2D eigenvalue weighted by Crippen LogP contribution is -2.48. The van der Waals surface area contributed by atoms with E-state index in [1.54, 1.807) is 24.3 Å². The Kier molecular flexibility index (Phi) is 3.68. The van der Waals surface area contributed by atoms with Crippen molar-refractivity contribution >= 4 is 17.5 Å². The van der Waals surface area contributed by atoms with Crippen LogP contribution in [0.15, 0.2) is 24.3 Å². The van der Waals surface area contributed by atoms with Crippen molar-refractivity contribution in [2.75, 3.05) is 5.32 Å². The Hall–Kier alpha value is -1.88. The van der Waals surface area contributed by atoms with Crippen LogP contribution in [0.3, 0.4) is 0 Å². The first-order valence-corrected chi connectivity index (χ1v) is 7.59. The number of rotatable bonds is 4. The number of anilines is 1. The minimum absolute atomic E-state index is 0.133. The monoisotopic (exact) mass is 287 g/mol. The van der Waals surface area contributed by atoms with Gasteiger partial charge in [-0.25, -0.2) is 0 Å². The second kappa shape index (κ2) is 5.48. The van der Waals surface area contributed by atoms with Crippen molar-refractivity contribution in [3.63, 3.8) is 0 Å². The highest BCUT2D eigenvalue weighted by Gasteiger charge is 2.37. The lowest BCUT2D eigenvalue weighted by atomic mass is 9.97. The summed E-state index contributed by atoms with van der Waals surface area (Å²) in [6.07, 6.45) is 5.43. The molecular formula is C16H21N3O2. The minimum atomic E-state index is -0.792. The standard InChI is InChI=1S/C16H21N3O2/c17-16(9-3-4-10-16)15(21)19-13-6-2-1-5-12(13)14(20)18-11-7-8-11/h1-2,5-6,11H,3-4,7-10,17H2,(H,18,20)(H,19,21). The molecule has 1 aromatic carbocycles. The van der Waals surface area contributed by atoms with Crippen LogP contribution >= 0.6 is 0 Å². The van der Waals surface area contributed by atoms with Gasteiger partial charge in [0.05, 0.1) is 16.8 Å². The summed E-state index contributed by atoms with van der Waals surface area (Å²) in [5, 5.41) is 5.78. The molecule has 0 aliphatic heterocycles. The van der Waals surface area contributed by atoms with Crippen LogP contribution < -0.4 is 16.4 Å². The third-order valence-electron chi connectivity index (χ3n) is 4.28. The Morgan fingerprint density at radius 1 is 1.14 bits per heavy atom. The van der Waals surface area contributed by atoms with Crippen molar-refractivity contribution in [2.45, 2.75) is 50.1 Å². The predicted molar refractivity (Wildman–Crippen MR) is 80.9 cm³/mol. The van der Waals surface area contributed by atoms with Gasteiger partial charge in [0.2, 0.25) is 5.91 Å². The number of carbonyl (C=O) groups is 2. The Morgan fingerprint density at radius 2 is 1.81 bits per heavy atom. The first kappa shape index (κ1) is 14.1. The zero-order chi connectivity index (χ0) is 14.9. The lowest BCUT2D eigenvalue weighted by molar-refractivity contribution is -0.121. The summed E-state index contributed by atoms with van der Waals surface area (Å²) in [5.74, 6) is -0.322. The molecule has 0 aromatic heterocycles. The van der Waals surface area contributed by atoms with Crippen molar-refractivity contribution < 1.29 is 9.59 Å². The molecule has 0 bridgehead atoms. The molecular weight excluding hydrogens is 266 g/mol. The van der Waals surface area contributed by atoms with Crippen LogP contribution in [0.2, 0.25) is 0 Å². The number of carbonyl (C=O) groups excluding carboxylic acids is 2. The fraction of sp³-hybridized carbons (Fsp3) is 0.500. The summed E-state index contributed by atoms with van der Waals surface area (Å²) in [7, 11) is 0. The molecule has 2 aliphatic rings. The van der Waals surface area contributed by atoms with E-state index in [1.165, 1.54) is 0 Å². The number of para-hydroxylation sites is 1. The molecule has 0 saturated heterocycles. The molecule has 2 fully saturated rings. The van der Waals surface area contributed by atoms with Crippen molar-refractivity contribution in [3.05, 3.63) is 29.8 Å². The summed E-state index contributed by atoms with van der Waals surface area (Å²) in [5.41, 5.74) is 6.40. The smallest absolute Gasteiger partial charge is 0.253 e. The van der Waals surface area contributed by atoms with Gasteiger partial charge in [-0.2, -0.15) is 0 Å². The van der Waals surface area contributed by atoms with Crippen molar-refractivity contribution in [3.8, 4) is 0 Å². The molecule has 0 atom stereocenters. The highest BCUT2D eigenvalue weighted by molar-refractivity contribution is 6.06. The van der Waals surface area contributed by atoms with Crippen LogP contribution in [-0.2, 0) is 4.79 Å². The van der Waals surface area contributed by atoms with E-state index in [0.29, 0.717) is 24.1 Å². The maximum absolute atomic E-state index is 12.4. The zero-order valence-corrected chi connectivity index (χ0v) is 12.0. The minimum Gasteiger partial charge on any atom is -0.349 e. The molecule has 5 heteroatoms. The summed E-state index contributed by atoms with van der Waals surface area (Å²) < 4.78 is 0. The van der Waals surface area contributed by atoms with E-state index in [4.69, 9.17) is 5.73 Å². The van der Waals surface area contributed by atoms with Gasteiger partial charge in [-0.3, -0.25) is 9.59 Å². The largest absolute Gasteiger partial charge is 0.349 e. The topological polar surface area (TPSA) is 84.2 Å². The maximum atomic E-state index is 12.4. The number of benzene rings is 1. The summed E-state index contributed by atoms with van der Waals surface area (Å²) >= 11 is 0. The second-order valence-electron chi connectivity index (χ2n) is 6.11. The van der Waals surface area contributed by atoms with Gasteiger partial charge in [0.25, 0.3) is 5.91 Å². The van der Waals surface area contributed by atoms with E-state index in [1.807, 2.05) is 0 Å². The van der Waals surface area contributed by atoms with Gasteiger partial charge < -0.3 is 16.4 Å². The van der Waals surface area contributed by atoms with Crippen LogP contribution in [0.4, 0.5) is 5.69 Å². The van der Waals surface area contributed by atoms with Crippen molar-refractivity contribution in [2.24, 2.45) is 5.73 Å². The highest BCUT2D eigenvalue weighted by Crippen LogP contribution is 2.29. The lowest BCUT2D eigenvalue weighted by Gasteiger charge is -2.23. The highest BCUT2D eigenvalue weighted by atomic mass is 16.2. The first-order valence-electron chi connectivity index (χ1n) is 7.59. The molecule has 0 radical (unpaired) electrons. The van der Waals surface area contributed by atoms with Crippen LogP contribution in [0.25, 0.3) is 0 Å². The fourth-order valence-corrected chi connectivity index (χ4v) is 2.76. The van der Waals surface area contributed by atoms with Gasteiger partial charge in [-0.15, -0.1) is 0 Å². The van der Waals surface area contributed by atoms with Gasteiger partial charge in [0.1, 0.15) is 0 Å². The predicted octanol–water partition coefficient (Wildman–Crippen LogP) is 1.79. The third-order valence-corrected chi connectivity index (χ3v) is 4.28. The Balaban J connectivity index is 1.75. The van der Waals surface area contributed by atoms with Crippen LogP contribution in [0.1, 0.15) is 48.9 Å². The Labute approximate surface area is 124 Å². The number of amides is 2. The third kappa shape index (κ3) is 3.08. The van der Waals surface area contributed by atoms with Crippen LogP contribution in [0.5, 0.6) is 0 Å². The molecule has 2 aliphatic carbocycles. The second-order valence-corrected chi connectivity index (χ2v) is 6.11. The van der Waals surface area contributed by atoms with Crippen LogP contribution in [-0.4, -0.2) is 23.4 Å². The van der Waals surface area contributed by atoms with Crippen LogP contribution in [0, 0.1) is 0 Å². The quantitative estimate of drug-likeness (QED) is 0.789. The van der Waals surface area contributed by atoms with Crippen molar-refractivity contribution in [1.82, 2.24) is 5.32 Å². The number of nitrogens with one attached hydrogen (secondary N) is 2. The molecule has 21 heavy (non-hydrogen) atoms. The maximum Gasteiger partial charge on any atom is 0.253 e. The fourth-order valence-electron chi connectivity index (χ4n) is 2.76. The van der Waals surface area contributed by atoms with Gasteiger partial charge >= 0.3 is 0 Å². The van der Waals surface area contributed by atoms with E-state index < -0.39 is 5.54 Å². The molecule has 4 N–H and O–H groups in total. The normalized spacial score (nSPS) is 20.0. The first-order chi connectivity index (χ1) is 10.1. The van der Waals surface area contributed by atoms with E-state index in [2.05, 4.69) is 10.6 Å². The average molecular weight is 287 g/mol. The Bertz CT molecular complexity index is 560. The van der Waals surface area contributed by atoms with E-state index >= 15 is 0 Å². The molecule has 112 valence electrons. The van der Waals surface area contributed by atoms with Gasteiger partial charge in [-0.05, 0) is 37.8 Å². The SMILES string of the molecule is NC1(C(=O)Nc2ccccc2C(=O)NC2CC2)CCCC1. The number of hydrogen-bond acceptors (Lipinski definition) is 3. The summed E-state index contributed by atoms with van der Waals surface area (Å²) in [6, 6.07) is 7.37. The average Bonchev–Trinajstić information content (AvgIpc) is 3.17. The molecule has 2 amide bonds. The number of hydrogen-bond donors (Lipinski definition) is 3. The van der Waals surface area contributed by atoms with Gasteiger partial charge in [0, 0.05) is 6.04 Å². The zero-order valence-electron chi connectivity index (χ0n) is 12.0. The summed E-state index contributed by atoms with van der Waals surface area (Å²) in [4.78, 5) is 24.6. The van der Waals surface area contributed by atoms with E-state index in [0.717, 1.165) is 25.7 Å². The molecule has 0 spiro atoms. The van der Waals surface area contributed by atoms with E-state index in [9.17, 15) is 9.59 Å². The summed E-state index contributed by atoms with van der Waals surface area (Å²) in [6.45, 7) is 0. The van der Waals surface area contributed by atoms with Gasteiger partial charge in [0.15, 0.2) is 0 Å². The molecule has 0 unspecified atom stereocenters. The molecule has 2 saturated carbocycles.